The van der Waals surface area contributed by atoms with Gasteiger partial charge in [0, 0.05) is 42.0 Å². The maximum absolute atomic E-state index is 12.9. The average Bonchev–Trinajstić information content (AvgIpc) is 3.26. The Morgan fingerprint density at radius 3 is 2.52 bits per heavy atom. The lowest BCUT2D eigenvalue weighted by Gasteiger charge is -2.50. The van der Waals surface area contributed by atoms with Gasteiger partial charge >= 0.3 is 0 Å². The van der Waals surface area contributed by atoms with Gasteiger partial charge in [0.25, 0.3) is 5.91 Å². The largest absolute Gasteiger partial charge is 0.384 e. The number of anilines is 1. The molecule has 0 aliphatic heterocycles. The van der Waals surface area contributed by atoms with Gasteiger partial charge < -0.3 is 11.1 Å². The molecule has 6 heteroatoms. The monoisotopic (exact) mass is 435 g/mol. The Bertz CT molecular complexity index is 1380. The van der Waals surface area contributed by atoms with Crippen molar-refractivity contribution in [2.24, 2.45) is 0 Å². The SMILES string of the molecule is Cc1cc(N)nc(C)c1CNC(=O)c1ccc2c(c1)C1c3ccc(Cn4cccn4)cc3[C@@H]21. The number of fused-ring (bicyclic) bond motifs is 7. The van der Waals surface area contributed by atoms with Crippen molar-refractivity contribution in [2.45, 2.75) is 38.8 Å². The van der Waals surface area contributed by atoms with E-state index in [2.05, 4.69) is 45.7 Å². The van der Waals surface area contributed by atoms with Crippen LogP contribution in [0.5, 0.6) is 0 Å². The number of benzene rings is 2. The number of carbonyl (C=O) groups excluding carboxylic acids is 1. The van der Waals surface area contributed by atoms with Crippen LogP contribution in [0, 0.1) is 13.8 Å². The molecule has 6 rings (SSSR count). The van der Waals surface area contributed by atoms with E-state index in [0.29, 0.717) is 29.8 Å². The Labute approximate surface area is 192 Å². The number of hydrogen-bond donors (Lipinski definition) is 2. The molecule has 0 fully saturated rings. The van der Waals surface area contributed by atoms with Crippen LogP contribution in [-0.2, 0) is 13.1 Å². The van der Waals surface area contributed by atoms with Crippen molar-refractivity contribution in [1.29, 1.82) is 0 Å². The molecule has 4 aromatic rings. The fraction of sp³-hybridized carbons (Fsp3) is 0.222. The van der Waals surface area contributed by atoms with Crippen LogP contribution in [0.4, 0.5) is 5.82 Å². The summed E-state index contributed by atoms with van der Waals surface area (Å²) in [7, 11) is 0. The molecular formula is C27H25N5O. The molecule has 2 aromatic heterocycles. The summed E-state index contributed by atoms with van der Waals surface area (Å²) in [6.45, 7) is 5.14. The first kappa shape index (κ1) is 19.7. The Hall–Kier alpha value is -3.93. The van der Waals surface area contributed by atoms with Crippen molar-refractivity contribution >= 4 is 11.7 Å². The van der Waals surface area contributed by atoms with Crippen LogP contribution in [0.15, 0.2) is 60.9 Å². The average molecular weight is 436 g/mol. The first-order valence-electron chi connectivity index (χ1n) is 11.2. The number of amides is 1. The number of aromatic nitrogens is 3. The molecule has 0 radical (unpaired) electrons. The van der Waals surface area contributed by atoms with Crippen LogP contribution in [0.1, 0.15) is 66.8 Å². The maximum atomic E-state index is 12.9. The second kappa shape index (κ2) is 7.30. The van der Waals surface area contributed by atoms with Gasteiger partial charge in [0.1, 0.15) is 5.82 Å². The molecule has 3 N–H and O–H groups in total. The standard InChI is InChI=1S/C27H25N5O/c1-15-10-24(28)31-16(2)23(15)13-29-27(33)18-5-7-20-22(12-18)26-19-6-4-17(11-21(19)25(20)26)14-32-9-3-8-30-32/h3-12,25-26H,13-14H2,1-2H3,(H2,28,31)(H,29,33)/t25-,26?/m1/s1. The number of aryl methyl sites for hydroxylation is 2. The summed E-state index contributed by atoms with van der Waals surface area (Å²) in [6, 6.07) is 16.7. The van der Waals surface area contributed by atoms with E-state index in [4.69, 9.17) is 5.73 Å². The molecular weight excluding hydrogens is 410 g/mol. The summed E-state index contributed by atoms with van der Waals surface area (Å²) in [5, 5.41) is 7.36. The predicted molar refractivity (Wildman–Crippen MR) is 127 cm³/mol. The van der Waals surface area contributed by atoms with E-state index in [9.17, 15) is 4.79 Å². The zero-order chi connectivity index (χ0) is 22.7. The molecule has 1 unspecified atom stereocenters. The van der Waals surface area contributed by atoms with Gasteiger partial charge in [0.2, 0.25) is 0 Å². The van der Waals surface area contributed by atoms with E-state index < -0.39 is 0 Å². The molecule has 2 aliphatic carbocycles. The van der Waals surface area contributed by atoms with Gasteiger partial charge in [-0.05, 0) is 77.1 Å². The third-order valence-electron chi connectivity index (χ3n) is 7.08. The Morgan fingerprint density at radius 1 is 1.03 bits per heavy atom. The highest BCUT2D eigenvalue weighted by Crippen LogP contribution is 2.63. The van der Waals surface area contributed by atoms with Gasteiger partial charge in [-0.15, -0.1) is 0 Å². The van der Waals surface area contributed by atoms with Crippen molar-refractivity contribution in [2.75, 3.05) is 5.73 Å². The topological polar surface area (TPSA) is 85.8 Å². The Balaban J connectivity index is 1.18. The van der Waals surface area contributed by atoms with Gasteiger partial charge in [-0.1, -0.05) is 24.3 Å². The van der Waals surface area contributed by atoms with Gasteiger partial charge in [0.05, 0.1) is 6.54 Å². The van der Waals surface area contributed by atoms with Gasteiger partial charge in [0.15, 0.2) is 0 Å². The fourth-order valence-corrected chi connectivity index (χ4v) is 5.41. The Kier molecular flexibility index (Phi) is 4.37. The van der Waals surface area contributed by atoms with Crippen LogP contribution in [-0.4, -0.2) is 20.7 Å². The van der Waals surface area contributed by atoms with Gasteiger partial charge in [-0.3, -0.25) is 9.48 Å². The lowest BCUT2D eigenvalue weighted by molar-refractivity contribution is 0.0950. The van der Waals surface area contributed by atoms with Crippen LogP contribution >= 0.6 is 0 Å². The highest BCUT2D eigenvalue weighted by Gasteiger charge is 2.49. The first-order valence-corrected chi connectivity index (χ1v) is 11.2. The Morgan fingerprint density at radius 2 is 1.79 bits per heavy atom. The number of nitrogens with one attached hydrogen (secondary N) is 1. The van der Waals surface area contributed by atoms with Crippen molar-refractivity contribution in [3.05, 3.63) is 111 Å². The van der Waals surface area contributed by atoms with Crippen LogP contribution in [0.3, 0.4) is 0 Å². The number of nitrogens with zero attached hydrogens (tertiary/aromatic N) is 3. The summed E-state index contributed by atoms with van der Waals surface area (Å²) < 4.78 is 1.95. The van der Waals surface area contributed by atoms with Crippen molar-refractivity contribution in [3.8, 4) is 0 Å². The second-order valence-electron chi connectivity index (χ2n) is 9.08. The number of rotatable bonds is 5. The number of nitrogens with two attached hydrogens (primary N) is 1. The van der Waals surface area contributed by atoms with Gasteiger partial charge in [-0.2, -0.15) is 5.10 Å². The zero-order valence-corrected chi connectivity index (χ0v) is 18.7. The molecule has 0 saturated heterocycles. The molecule has 2 atom stereocenters. The normalized spacial score (nSPS) is 17.3. The van der Waals surface area contributed by atoms with E-state index >= 15 is 0 Å². The predicted octanol–water partition coefficient (Wildman–Crippen LogP) is 4.05. The highest BCUT2D eigenvalue weighted by molar-refractivity contribution is 5.95. The maximum Gasteiger partial charge on any atom is 0.251 e. The van der Waals surface area contributed by atoms with Gasteiger partial charge in [-0.25, -0.2) is 4.98 Å². The molecule has 1 amide bonds. The molecule has 0 spiro atoms. The van der Waals surface area contributed by atoms with Crippen LogP contribution in [0.25, 0.3) is 0 Å². The van der Waals surface area contributed by atoms with E-state index in [1.54, 1.807) is 0 Å². The molecule has 0 saturated carbocycles. The molecule has 2 aromatic carbocycles. The number of carbonyl (C=O) groups is 1. The molecule has 6 nitrogen and oxygen atoms in total. The summed E-state index contributed by atoms with van der Waals surface area (Å²) in [4.78, 5) is 17.2. The zero-order valence-electron chi connectivity index (χ0n) is 18.7. The minimum absolute atomic E-state index is 0.0639. The third kappa shape index (κ3) is 3.13. The molecule has 2 aliphatic rings. The second-order valence-corrected chi connectivity index (χ2v) is 9.08. The first-order chi connectivity index (χ1) is 16.0. The van der Waals surface area contributed by atoms with E-state index in [1.165, 1.54) is 27.8 Å². The smallest absolute Gasteiger partial charge is 0.251 e. The minimum atomic E-state index is -0.0639. The van der Waals surface area contributed by atoms with E-state index in [-0.39, 0.29) is 5.91 Å². The van der Waals surface area contributed by atoms with Crippen LogP contribution in [0.2, 0.25) is 0 Å². The molecule has 164 valence electrons. The lowest BCUT2D eigenvalue weighted by atomic mass is 9.52. The summed E-state index contributed by atoms with van der Waals surface area (Å²) in [6.07, 6.45) is 3.79. The number of nitrogen functional groups attached to an aromatic ring is 1. The summed E-state index contributed by atoms with van der Waals surface area (Å²) in [5.41, 5.74) is 16.1. The van der Waals surface area contributed by atoms with E-state index in [1.807, 2.05) is 49.1 Å². The summed E-state index contributed by atoms with van der Waals surface area (Å²) >= 11 is 0. The van der Waals surface area contributed by atoms with Crippen molar-refractivity contribution < 1.29 is 4.79 Å². The molecule has 2 heterocycles. The molecule has 0 bridgehead atoms. The van der Waals surface area contributed by atoms with E-state index in [0.717, 1.165) is 23.4 Å². The molecule has 33 heavy (non-hydrogen) atoms. The number of hydrogen-bond acceptors (Lipinski definition) is 4. The number of pyridine rings is 1. The van der Waals surface area contributed by atoms with Crippen LogP contribution < -0.4 is 11.1 Å². The quantitative estimate of drug-likeness (QED) is 0.495. The third-order valence-corrected chi connectivity index (χ3v) is 7.08. The van der Waals surface area contributed by atoms with Crippen molar-refractivity contribution in [1.82, 2.24) is 20.1 Å². The highest BCUT2D eigenvalue weighted by atomic mass is 16.1. The lowest BCUT2D eigenvalue weighted by Crippen LogP contribution is -2.36. The summed E-state index contributed by atoms with van der Waals surface area (Å²) in [5.74, 6) is 1.31. The minimum Gasteiger partial charge on any atom is -0.384 e. The van der Waals surface area contributed by atoms with Crippen molar-refractivity contribution in [3.63, 3.8) is 0 Å². The fourth-order valence-electron chi connectivity index (χ4n) is 5.41.